The van der Waals surface area contributed by atoms with E-state index in [1.54, 1.807) is 18.3 Å². The van der Waals surface area contributed by atoms with E-state index in [1.165, 1.54) is 13.0 Å². The van der Waals surface area contributed by atoms with Gasteiger partial charge < -0.3 is 4.98 Å². The van der Waals surface area contributed by atoms with Gasteiger partial charge in [0.25, 0.3) is 5.69 Å². The number of aromatic nitrogens is 1. The van der Waals surface area contributed by atoms with Gasteiger partial charge in [-0.1, -0.05) is 0 Å². The van der Waals surface area contributed by atoms with Crippen molar-refractivity contribution in [3.63, 3.8) is 0 Å². The summed E-state index contributed by atoms with van der Waals surface area (Å²) >= 11 is 0. The van der Waals surface area contributed by atoms with Crippen LogP contribution in [0, 0.1) is 10.1 Å². The molecule has 76 valence electrons. The highest BCUT2D eigenvalue weighted by Crippen LogP contribution is 2.26. The third-order valence-electron chi connectivity index (χ3n) is 2.24. The maximum absolute atomic E-state index is 11.2. The Morgan fingerprint density at radius 3 is 2.80 bits per heavy atom. The standard InChI is InChI=1S/C10H8N2O3/c1-6(13)8-4-7-2-3-11-10(7)9(5-8)12(14)15/h2-5,11H,1H3. The summed E-state index contributed by atoms with van der Waals surface area (Å²) in [7, 11) is 0. The highest BCUT2D eigenvalue weighted by atomic mass is 16.6. The number of nitrogens with one attached hydrogen (secondary N) is 1. The molecule has 1 aromatic heterocycles. The number of non-ortho nitro benzene ring substituents is 1. The number of fused-ring (bicyclic) bond motifs is 1. The lowest BCUT2D eigenvalue weighted by atomic mass is 10.1. The fraction of sp³-hybridized carbons (Fsp3) is 0.100. The number of rotatable bonds is 2. The molecule has 0 bridgehead atoms. The molecule has 5 heteroatoms. The van der Waals surface area contributed by atoms with E-state index in [4.69, 9.17) is 0 Å². The average Bonchev–Trinajstić information content (AvgIpc) is 2.62. The van der Waals surface area contributed by atoms with Crippen LogP contribution < -0.4 is 0 Å². The molecule has 2 aromatic rings. The summed E-state index contributed by atoms with van der Waals surface area (Å²) in [5.41, 5.74) is 0.738. The number of hydrogen-bond donors (Lipinski definition) is 1. The minimum Gasteiger partial charge on any atom is -0.356 e. The molecule has 0 saturated carbocycles. The average molecular weight is 204 g/mol. The zero-order valence-corrected chi connectivity index (χ0v) is 7.98. The second-order valence-corrected chi connectivity index (χ2v) is 3.25. The summed E-state index contributed by atoms with van der Waals surface area (Å²) in [4.78, 5) is 24.2. The Morgan fingerprint density at radius 2 is 2.20 bits per heavy atom. The van der Waals surface area contributed by atoms with Crippen molar-refractivity contribution in [3.8, 4) is 0 Å². The molecule has 0 fully saturated rings. The fourth-order valence-corrected chi connectivity index (χ4v) is 1.50. The first kappa shape index (κ1) is 9.39. The van der Waals surface area contributed by atoms with E-state index in [0.717, 1.165) is 0 Å². The minimum absolute atomic E-state index is 0.0669. The first-order valence-electron chi connectivity index (χ1n) is 4.36. The van der Waals surface area contributed by atoms with E-state index in [2.05, 4.69) is 4.98 Å². The van der Waals surface area contributed by atoms with Gasteiger partial charge in [0.2, 0.25) is 0 Å². The lowest BCUT2D eigenvalue weighted by Gasteiger charge is -1.98. The van der Waals surface area contributed by atoms with Gasteiger partial charge in [-0.3, -0.25) is 14.9 Å². The Labute approximate surface area is 84.9 Å². The predicted molar refractivity (Wildman–Crippen MR) is 55.0 cm³/mol. The second kappa shape index (κ2) is 3.20. The Kier molecular flexibility index (Phi) is 2.00. The summed E-state index contributed by atoms with van der Waals surface area (Å²) in [6.07, 6.45) is 1.61. The fourth-order valence-electron chi connectivity index (χ4n) is 1.50. The third-order valence-corrected chi connectivity index (χ3v) is 2.24. The smallest absolute Gasteiger partial charge is 0.293 e. The number of Topliss-reactive ketones (excluding diaryl/α,β-unsaturated/α-hetero) is 1. The Balaban J connectivity index is 2.80. The quantitative estimate of drug-likeness (QED) is 0.463. The third kappa shape index (κ3) is 1.48. The van der Waals surface area contributed by atoms with Gasteiger partial charge in [0.15, 0.2) is 5.78 Å². The number of benzene rings is 1. The number of nitrogens with zero attached hydrogens (tertiary/aromatic N) is 1. The van der Waals surface area contributed by atoms with Crippen LogP contribution >= 0.6 is 0 Å². The van der Waals surface area contributed by atoms with E-state index < -0.39 is 4.92 Å². The van der Waals surface area contributed by atoms with E-state index in [1.807, 2.05) is 0 Å². The summed E-state index contributed by atoms with van der Waals surface area (Å²) < 4.78 is 0. The van der Waals surface area contributed by atoms with E-state index >= 15 is 0 Å². The van der Waals surface area contributed by atoms with Gasteiger partial charge in [-0.15, -0.1) is 0 Å². The molecule has 15 heavy (non-hydrogen) atoms. The molecule has 0 aliphatic carbocycles. The van der Waals surface area contributed by atoms with Crippen LogP contribution in [-0.2, 0) is 0 Å². The molecule has 0 saturated heterocycles. The van der Waals surface area contributed by atoms with Gasteiger partial charge in [-0.2, -0.15) is 0 Å². The molecular weight excluding hydrogens is 196 g/mol. The number of ketones is 1. The zero-order chi connectivity index (χ0) is 11.0. The van der Waals surface area contributed by atoms with Crippen LogP contribution in [0.4, 0.5) is 5.69 Å². The number of carbonyl (C=O) groups is 1. The van der Waals surface area contributed by atoms with Gasteiger partial charge in [0.05, 0.1) is 4.92 Å². The molecular formula is C10H8N2O3. The van der Waals surface area contributed by atoms with Crippen molar-refractivity contribution < 1.29 is 9.72 Å². The Bertz CT molecular complexity index is 557. The monoisotopic (exact) mass is 204 g/mol. The number of carbonyl (C=O) groups excluding carboxylic acids is 1. The van der Waals surface area contributed by atoms with Crippen molar-refractivity contribution in [2.24, 2.45) is 0 Å². The molecule has 5 nitrogen and oxygen atoms in total. The molecule has 1 heterocycles. The lowest BCUT2D eigenvalue weighted by molar-refractivity contribution is -0.383. The largest absolute Gasteiger partial charge is 0.356 e. The van der Waals surface area contributed by atoms with Crippen molar-refractivity contribution in [3.05, 3.63) is 40.1 Å². The first-order chi connectivity index (χ1) is 7.09. The Hall–Kier alpha value is -2.17. The summed E-state index contributed by atoms with van der Waals surface area (Å²) in [5, 5.41) is 11.4. The van der Waals surface area contributed by atoms with Crippen LogP contribution in [0.5, 0.6) is 0 Å². The number of nitro benzene ring substituents is 1. The maximum atomic E-state index is 11.2. The van der Waals surface area contributed by atoms with Gasteiger partial charge in [-0.25, -0.2) is 0 Å². The molecule has 0 aliphatic heterocycles. The van der Waals surface area contributed by atoms with Crippen LogP contribution in [0.2, 0.25) is 0 Å². The number of aromatic amines is 1. The van der Waals surface area contributed by atoms with Crippen LogP contribution in [-0.4, -0.2) is 15.7 Å². The van der Waals surface area contributed by atoms with Gasteiger partial charge in [0, 0.05) is 23.2 Å². The van der Waals surface area contributed by atoms with Crippen molar-refractivity contribution in [2.75, 3.05) is 0 Å². The zero-order valence-electron chi connectivity index (χ0n) is 7.98. The molecule has 1 N–H and O–H groups in total. The number of H-pyrrole nitrogens is 1. The molecule has 1 aromatic carbocycles. The second-order valence-electron chi connectivity index (χ2n) is 3.25. The first-order valence-corrected chi connectivity index (χ1v) is 4.36. The van der Waals surface area contributed by atoms with Crippen LogP contribution in [0.3, 0.4) is 0 Å². The molecule has 2 rings (SSSR count). The number of nitro groups is 1. The van der Waals surface area contributed by atoms with Gasteiger partial charge in [-0.05, 0) is 19.1 Å². The maximum Gasteiger partial charge on any atom is 0.293 e. The van der Waals surface area contributed by atoms with Crippen LogP contribution in [0.25, 0.3) is 10.9 Å². The van der Waals surface area contributed by atoms with Crippen LogP contribution in [0.1, 0.15) is 17.3 Å². The Morgan fingerprint density at radius 1 is 1.47 bits per heavy atom. The molecule has 0 amide bonds. The van der Waals surface area contributed by atoms with Crippen LogP contribution in [0.15, 0.2) is 24.4 Å². The molecule has 0 atom stereocenters. The summed E-state index contributed by atoms with van der Waals surface area (Å²) in [6, 6.07) is 4.64. The normalized spacial score (nSPS) is 10.5. The molecule has 0 unspecified atom stereocenters. The van der Waals surface area contributed by atoms with Gasteiger partial charge >= 0.3 is 0 Å². The summed E-state index contributed by atoms with van der Waals surface area (Å²) in [5.74, 6) is -0.179. The van der Waals surface area contributed by atoms with Crippen molar-refractivity contribution in [1.82, 2.24) is 4.98 Å². The van der Waals surface area contributed by atoms with E-state index in [9.17, 15) is 14.9 Å². The lowest BCUT2D eigenvalue weighted by Crippen LogP contribution is -1.96. The number of hydrogen-bond acceptors (Lipinski definition) is 3. The van der Waals surface area contributed by atoms with Crippen molar-refractivity contribution in [2.45, 2.75) is 6.92 Å². The molecule has 0 radical (unpaired) electrons. The minimum atomic E-state index is -0.495. The summed E-state index contributed by atoms with van der Waals surface area (Å²) in [6.45, 7) is 1.39. The van der Waals surface area contributed by atoms with Gasteiger partial charge in [0.1, 0.15) is 5.52 Å². The highest BCUT2D eigenvalue weighted by molar-refractivity contribution is 6.00. The molecule has 0 aliphatic rings. The van der Waals surface area contributed by atoms with Crippen molar-refractivity contribution in [1.29, 1.82) is 0 Å². The topological polar surface area (TPSA) is 76.0 Å². The predicted octanol–water partition coefficient (Wildman–Crippen LogP) is 2.28. The molecule has 0 spiro atoms. The van der Waals surface area contributed by atoms with Crippen molar-refractivity contribution >= 4 is 22.4 Å². The van der Waals surface area contributed by atoms with E-state index in [0.29, 0.717) is 16.5 Å². The van der Waals surface area contributed by atoms with E-state index in [-0.39, 0.29) is 11.5 Å². The highest BCUT2D eigenvalue weighted by Gasteiger charge is 2.15. The SMILES string of the molecule is CC(=O)c1cc([N+](=O)[O-])c2[nH]ccc2c1.